The van der Waals surface area contributed by atoms with Crippen molar-refractivity contribution in [3.05, 3.63) is 40.3 Å². The van der Waals surface area contributed by atoms with Gasteiger partial charge in [-0.2, -0.15) is 0 Å². The van der Waals surface area contributed by atoms with Gasteiger partial charge in [-0.3, -0.25) is 0 Å². The molecule has 56 valence electrons. The molecule has 0 fully saturated rings. The zero-order valence-corrected chi connectivity index (χ0v) is 6.88. The highest BCUT2D eigenvalue weighted by molar-refractivity contribution is 7.98. The molecule has 0 aliphatic carbocycles. The first-order valence-electron chi connectivity index (χ1n) is 3.11. The summed E-state index contributed by atoms with van der Waals surface area (Å²) in [6, 6.07) is 7.81. The number of aryl methyl sites for hydroxylation is 1. The average Bonchev–Trinajstić information content (AvgIpc) is 2.04. The Labute approximate surface area is 69.2 Å². The van der Waals surface area contributed by atoms with Gasteiger partial charge in [-0.25, -0.2) is 0 Å². The monoisotopic (exact) mass is 165 g/mol. The lowest BCUT2D eigenvalue weighted by Crippen LogP contribution is -1.69. The van der Waals surface area contributed by atoms with Gasteiger partial charge in [0.1, 0.15) is 0 Å². The summed E-state index contributed by atoms with van der Waals surface area (Å²) in [5.74, 6) is 0. The number of hydrogen-bond acceptors (Lipinski definition) is 2. The van der Waals surface area contributed by atoms with Gasteiger partial charge in [0.2, 0.25) is 0 Å². The zero-order chi connectivity index (χ0) is 8.10. The molecule has 0 saturated carbocycles. The van der Waals surface area contributed by atoms with Crippen molar-refractivity contribution in [3.8, 4) is 0 Å². The van der Waals surface area contributed by atoms with E-state index in [9.17, 15) is 0 Å². The SMILES string of the molecule is Cc1ccc(SN=[N+]=[N-])cc1. The topological polar surface area (TPSA) is 48.8 Å². The molecule has 0 radical (unpaired) electrons. The second-order valence-corrected chi connectivity index (χ2v) is 2.89. The number of benzene rings is 1. The lowest BCUT2D eigenvalue weighted by atomic mass is 10.2. The predicted molar refractivity (Wildman–Crippen MR) is 46.2 cm³/mol. The maximum atomic E-state index is 8.02. The van der Waals surface area contributed by atoms with Crippen LogP contribution in [-0.4, -0.2) is 0 Å². The smallest absolute Gasteiger partial charge is 0.0145 e. The van der Waals surface area contributed by atoms with Crippen molar-refractivity contribution < 1.29 is 0 Å². The second kappa shape index (κ2) is 3.91. The van der Waals surface area contributed by atoms with Crippen LogP contribution in [0.5, 0.6) is 0 Å². The molecule has 0 heterocycles. The van der Waals surface area contributed by atoms with Gasteiger partial charge in [-0.15, -0.1) is 0 Å². The molecular formula is C7H7N3S. The standard InChI is InChI=1S/C7H7N3S/c1-6-2-4-7(5-3-6)11-10-9-8/h2-5H,1H3. The van der Waals surface area contributed by atoms with Crippen LogP contribution in [0.25, 0.3) is 10.4 Å². The summed E-state index contributed by atoms with van der Waals surface area (Å²) < 4.78 is 3.37. The molecule has 1 aromatic rings. The number of rotatable bonds is 2. The first-order chi connectivity index (χ1) is 5.33. The first-order valence-corrected chi connectivity index (χ1v) is 3.88. The minimum atomic E-state index is 0.966. The summed E-state index contributed by atoms with van der Waals surface area (Å²) in [6.07, 6.45) is 0. The van der Waals surface area contributed by atoms with E-state index in [0.29, 0.717) is 0 Å². The van der Waals surface area contributed by atoms with Gasteiger partial charge in [0.15, 0.2) is 0 Å². The van der Waals surface area contributed by atoms with Crippen molar-refractivity contribution >= 4 is 11.9 Å². The first kappa shape index (κ1) is 7.98. The fourth-order valence-corrected chi connectivity index (χ4v) is 1.05. The van der Waals surface area contributed by atoms with E-state index in [1.165, 1.54) is 5.56 Å². The Balaban J connectivity index is 2.73. The molecule has 0 aliphatic heterocycles. The van der Waals surface area contributed by atoms with E-state index in [-0.39, 0.29) is 0 Å². The van der Waals surface area contributed by atoms with Gasteiger partial charge >= 0.3 is 0 Å². The lowest BCUT2D eigenvalue weighted by Gasteiger charge is -1.93. The van der Waals surface area contributed by atoms with Crippen molar-refractivity contribution in [1.29, 1.82) is 0 Å². The minimum absolute atomic E-state index is 0.966. The van der Waals surface area contributed by atoms with Crippen LogP contribution >= 0.6 is 11.9 Å². The third-order valence-corrected chi connectivity index (χ3v) is 1.84. The van der Waals surface area contributed by atoms with Crippen LogP contribution in [0.4, 0.5) is 0 Å². The Hall–Kier alpha value is -1.12. The van der Waals surface area contributed by atoms with Crippen LogP contribution in [0.3, 0.4) is 0 Å². The Bertz CT molecular complexity index is 274. The Morgan fingerprint density at radius 2 is 2.00 bits per heavy atom. The molecule has 0 aromatic heterocycles. The van der Waals surface area contributed by atoms with Crippen LogP contribution in [0.15, 0.2) is 33.7 Å². The van der Waals surface area contributed by atoms with E-state index in [2.05, 4.69) is 9.43 Å². The fraction of sp³-hybridized carbons (Fsp3) is 0.143. The van der Waals surface area contributed by atoms with E-state index in [0.717, 1.165) is 16.8 Å². The van der Waals surface area contributed by atoms with Gasteiger partial charge in [0, 0.05) is 9.81 Å². The summed E-state index contributed by atoms with van der Waals surface area (Å²) in [5, 5.41) is 0. The number of hydrogen-bond donors (Lipinski definition) is 0. The van der Waals surface area contributed by atoms with Gasteiger partial charge < -0.3 is 0 Å². The van der Waals surface area contributed by atoms with Gasteiger partial charge in [0.25, 0.3) is 0 Å². The average molecular weight is 165 g/mol. The van der Waals surface area contributed by atoms with Crippen LogP contribution in [-0.2, 0) is 0 Å². The largest absolute Gasteiger partial charge is 0.0582 e. The Kier molecular flexibility index (Phi) is 2.83. The second-order valence-electron chi connectivity index (χ2n) is 2.08. The van der Waals surface area contributed by atoms with Gasteiger partial charge in [-0.05, 0) is 41.1 Å². The molecule has 0 bridgehead atoms. The van der Waals surface area contributed by atoms with E-state index < -0.39 is 0 Å². The molecule has 11 heavy (non-hydrogen) atoms. The highest BCUT2D eigenvalue weighted by atomic mass is 32.2. The molecular weight excluding hydrogens is 158 g/mol. The molecule has 0 spiro atoms. The third kappa shape index (κ3) is 2.53. The number of nitrogens with zero attached hydrogens (tertiary/aromatic N) is 3. The minimum Gasteiger partial charge on any atom is -0.0582 e. The van der Waals surface area contributed by atoms with Crippen molar-refractivity contribution in [3.63, 3.8) is 0 Å². The normalized spacial score (nSPS) is 8.82. The quantitative estimate of drug-likeness (QED) is 0.287. The summed E-state index contributed by atoms with van der Waals surface area (Å²) in [5.41, 5.74) is 9.22. The Morgan fingerprint density at radius 1 is 1.36 bits per heavy atom. The molecule has 3 nitrogen and oxygen atoms in total. The summed E-state index contributed by atoms with van der Waals surface area (Å²) in [6.45, 7) is 2.02. The molecule has 0 N–H and O–H groups in total. The lowest BCUT2D eigenvalue weighted by molar-refractivity contribution is 1.38. The van der Waals surface area contributed by atoms with Crippen molar-refractivity contribution in [2.75, 3.05) is 0 Å². The van der Waals surface area contributed by atoms with E-state index in [1.807, 2.05) is 31.2 Å². The van der Waals surface area contributed by atoms with Crippen LogP contribution in [0.2, 0.25) is 0 Å². The van der Waals surface area contributed by atoms with Crippen LogP contribution in [0.1, 0.15) is 5.56 Å². The molecule has 0 saturated heterocycles. The van der Waals surface area contributed by atoms with Gasteiger partial charge in [0.05, 0.1) is 0 Å². The van der Waals surface area contributed by atoms with Crippen LogP contribution < -0.4 is 0 Å². The summed E-state index contributed by atoms with van der Waals surface area (Å²) in [4.78, 5) is 3.61. The molecule has 0 atom stereocenters. The highest BCUT2D eigenvalue weighted by Crippen LogP contribution is 2.18. The van der Waals surface area contributed by atoms with E-state index >= 15 is 0 Å². The summed E-state index contributed by atoms with van der Waals surface area (Å²) >= 11 is 1.14. The maximum Gasteiger partial charge on any atom is 0.0145 e. The predicted octanol–water partition coefficient (Wildman–Crippen LogP) is 3.31. The van der Waals surface area contributed by atoms with Gasteiger partial charge in [-0.1, -0.05) is 17.7 Å². The third-order valence-electron chi connectivity index (χ3n) is 1.20. The molecule has 0 amide bonds. The van der Waals surface area contributed by atoms with Crippen molar-refractivity contribution in [2.24, 2.45) is 4.52 Å². The molecule has 0 unspecified atom stereocenters. The molecule has 4 heteroatoms. The van der Waals surface area contributed by atoms with Crippen LogP contribution in [0, 0.1) is 6.92 Å². The Morgan fingerprint density at radius 3 is 2.55 bits per heavy atom. The fourth-order valence-electron chi connectivity index (χ4n) is 0.665. The number of azide groups is 1. The van der Waals surface area contributed by atoms with Crippen molar-refractivity contribution in [2.45, 2.75) is 11.8 Å². The zero-order valence-electron chi connectivity index (χ0n) is 6.06. The van der Waals surface area contributed by atoms with E-state index in [1.54, 1.807) is 0 Å². The summed E-state index contributed by atoms with van der Waals surface area (Å²) in [7, 11) is 0. The van der Waals surface area contributed by atoms with Crippen molar-refractivity contribution in [1.82, 2.24) is 0 Å². The molecule has 1 aromatic carbocycles. The molecule has 1 rings (SSSR count). The van der Waals surface area contributed by atoms with E-state index in [4.69, 9.17) is 5.53 Å². The maximum absolute atomic E-state index is 8.02. The molecule has 0 aliphatic rings. The highest BCUT2D eigenvalue weighted by Gasteiger charge is 1.88.